The van der Waals surface area contributed by atoms with Crippen LogP contribution in [0.2, 0.25) is 0 Å². The number of hydrogen-bond donors (Lipinski definition) is 2. The maximum atomic E-state index is 9.73. The lowest BCUT2D eigenvalue weighted by Gasteiger charge is -2.36. The number of nitrogens with one attached hydrogen (secondary N) is 1. The molecule has 3 heterocycles. The summed E-state index contributed by atoms with van der Waals surface area (Å²) in [5.41, 5.74) is 5.00. The van der Waals surface area contributed by atoms with E-state index in [-0.39, 0.29) is 18.1 Å². The van der Waals surface area contributed by atoms with E-state index in [0.29, 0.717) is 17.8 Å². The summed E-state index contributed by atoms with van der Waals surface area (Å²) in [6, 6.07) is 11.1. The minimum Gasteiger partial charge on any atom is -0.508 e. The second kappa shape index (κ2) is 7.42. The SMILES string of the molecule is CC(c1nc(-c2cccc(O)c2)no1)N(C1CC1)C1NN=C(c2ccncc2)N1C. The lowest BCUT2D eigenvalue weighted by Crippen LogP contribution is -2.53. The van der Waals surface area contributed by atoms with E-state index >= 15 is 0 Å². The molecule has 0 saturated heterocycles. The molecule has 1 aliphatic carbocycles. The summed E-state index contributed by atoms with van der Waals surface area (Å²) in [4.78, 5) is 13.1. The predicted octanol–water partition coefficient (Wildman–Crippen LogP) is 2.54. The first-order valence-corrected chi connectivity index (χ1v) is 9.98. The molecule has 30 heavy (non-hydrogen) atoms. The quantitative estimate of drug-likeness (QED) is 0.645. The van der Waals surface area contributed by atoms with Gasteiger partial charge in [0.05, 0.1) is 6.04 Å². The fourth-order valence-corrected chi connectivity index (χ4v) is 3.83. The second-order valence-corrected chi connectivity index (χ2v) is 7.65. The Bertz CT molecular complexity index is 1060. The third kappa shape index (κ3) is 3.37. The molecule has 0 bridgehead atoms. The van der Waals surface area contributed by atoms with E-state index in [0.717, 1.165) is 29.8 Å². The average Bonchev–Trinajstić information content (AvgIpc) is 3.34. The maximum Gasteiger partial charge on any atom is 0.244 e. The third-order valence-electron chi connectivity index (χ3n) is 5.53. The average molecular weight is 405 g/mol. The number of phenols is 1. The minimum atomic E-state index is -0.119. The topological polar surface area (TPSA) is 103 Å². The first-order chi connectivity index (χ1) is 14.6. The first kappa shape index (κ1) is 18.6. The van der Waals surface area contributed by atoms with Gasteiger partial charge in [-0.1, -0.05) is 17.3 Å². The van der Waals surface area contributed by atoms with Crippen LogP contribution < -0.4 is 5.43 Å². The van der Waals surface area contributed by atoms with Crippen molar-refractivity contribution < 1.29 is 9.63 Å². The molecule has 2 aliphatic rings. The number of nitrogens with zero attached hydrogens (tertiary/aromatic N) is 6. The summed E-state index contributed by atoms with van der Waals surface area (Å²) in [6.45, 7) is 2.07. The molecule has 1 saturated carbocycles. The van der Waals surface area contributed by atoms with E-state index < -0.39 is 0 Å². The largest absolute Gasteiger partial charge is 0.508 e. The third-order valence-corrected chi connectivity index (χ3v) is 5.53. The molecule has 154 valence electrons. The number of rotatable bonds is 6. The van der Waals surface area contributed by atoms with Gasteiger partial charge in [-0.15, -0.1) is 0 Å². The molecule has 3 aromatic rings. The van der Waals surface area contributed by atoms with Crippen molar-refractivity contribution in [3.05, 3.63) is 60.2 Å². The van der Waals surface area contributed by atoms with E-state index in [4.69, 9.17) is 4.52 Å². The lowest BCUT2D eigenvalue weighted by atomic mass is 10.2. The number of amidine groups is 1. The highest BCUT2D eigenvalue weighted by Crippen LogP contribution is 2.37. The Balaban J connectivity index is 1.38. The molecule has 0 spiro atoms. The predicted molar refractivity (Wildman–Crippen MR) is 110 cm³/mol. The summed E-state index contributed by atoms with van der Waals surface area (Å²) in [5, 5.41) is 18.4. The smallest absolute Gasteiger partial charge is 0.244 e. The maximum absolute atomic E-state index is 9.73. The van der Waals surface area contributed by atoms with Gasteiger partial charge in [0.2, 0.25) is 11.7 Å². The van der Waals surface area contributed by atoms with Crippen LogP contribution in [0.5, 0.6) is 5.75 Å². The molecule has 2 N–H and O–H groups in total. The Morgan fingerprint density at radius 1 is 1.20 bits per heavy atom. The summed E-state index contributed by atoms with van der Waals surface area (Å²) in [5.74, 6) is 2.04. The van der Waals surface area contributed by atoms with Gasteiger partial charge < -0.3 is 14.5 Å². The van der Waals surface area contributed by atoms with Crippen LogP contribution in [-0.4, -0.2) is 55.2 Å². The number of hydrogen-bond acceptors (Lipinski definition) is 9. The van der Waals surface area contributed by atoms with Gasteiger partial charge in [0, 0.05) is 36.6 Å². The van der Waals surface area contributed by atoms with Gasteiger partial charge in [0.25, 0.3) is 0 Å². The number of benzene rings is 1. The number of aromatic hydroxyl groups is 1. The molecular formula is C21H23N7O2. The Hall–Kier alpha value is -3.46. The van der Waals surface area contributed by atoms with E-state index in [1.165, 1.54) is 0 Å². The molecule has 9 nitrogen and oxygen atoms in total. The number of aromatic nitrogens is 3. The summed E-state index contributed by atoms with van der Waals surface area (Å²) >= 11 is 0. The van der Waals surface area contributed by atoms with Crippen molar-refractivity contribution in [1.29, 1.82) is 0 Å². The molecule has 2 unspecified atom stereocenters. The molecule has 2 atom stereocenters. The van der Waals surface area contributed by atoms with Crippen molar-refractivity contribution in [1.82, 2.24) is 30.4 Å². The molecule has 0 radical (unpaired) electrons. The van der Waals surface area contributed by atoms with Crippen LogP contribution in [-0.2, 0) is 0 Å². The van der Waals surface area contributed by atoms with Crippen LogP contribution >= 0.6 is 0 Å². The van der Waals surface area contributed by atoms with E-state index in [2.05, 4.69) is 42.4 Å². The van der Waals surface area contributed by atoms with E-state index in [1.54, 1.807) is 30.6 Å². The zero-order valence-corrected chi connectivity index (χ0v) is 16.8. The molecule has 1 aromatic carbocycles. The highest BCUT2D eigenvalue weighted by molar-refractivity contribution is 5.99. The molecule has 5 rings (SSSR count). The zero-order valence-electron chi connectivity index (χ0n) is 16.8. The summed E-state index contributed by atoms with van der Waals surface area (Å²) in [7, 11) is 2.03. The minimum absolute atomic E-state index is 0.108. The fourth-order valence-electron chi connectivity index (χ4n) is 3.83. The fraction of sp³-hybridized carbons (Fsp3) is 0.333. The van der Waals surface area contributed by atoms with Gasteiger partial charge in [-0.25, -0.2) is 0 Å². The van der Waals surface area contributed by atoms with Gasteiger partial charge in [0.15, 0.2) is 12.1 Å². The lowest BCUT2D eigenvalue weighted by molar-refractivity contribution is 0.0361. The van der Waals surface area contributed by atoms with Crippen LogP contribution in [0.1, 0.15) is 37.3 Å². The van der Waals surface area contributed by atoms with Crippen LogP contribution in [0.15, 0.2) is 58.4 Å². The Morgan fingerprint density at radius 3 is 2.73 bits per heavy atom. The highest BCUT2D eigenvalue weighted by atomic mass is 16.5. The van der Waals surface area contributed by atoms with Crippen LogP contribution in [0, 0.1) is 0 Å². The number of pyridine rings is 1. The molecular weight excluding hydrogens is 382 g/mol. The monoisotopic (exact) mass is 405 g/mol. The molecule has 1 fully saturated rings. The Labute approximate surface area is 174 Å². The van der Waals surface area contributed by atoms with E-state index in [1.807, 2.05) is 25.2 Å². The molecule has 1 aliphatic heterocycles. The number of hydrazone groups is 1. The van der Waals surface area contributed by atoms with Crippen LogP contribution in [0.25, 0.3) is 11.4 Å². The highest BCUT2D eigenvalue weighted by Gasteiger charge is 2.43. The Morgan fingerprint density at radius 2 is 2.00 bits per heavy atom. The molecule has 9 heteroatoms. The molecule has 0 amide bonds. The Kier molecular flexibility index (Phi) is 4.59. The summed E-state index contributed by atoms with van der Waals surface area (Å²) < 4.78 is 5.61. The van der Waals surface area contributed by atoms with Crippen molar-refractivity contribution >= 4 is 5.84 Å². The number of phenolic OH excluding ortho intramolecular Hbond substituents is 1. The molecule has 2 aromatic heterocycles. The van der Waals surface area contributed by atoms with Crippen molar-refractivity contribution in [2.45, 2.75) is 38.1 Å². The standard InChI is InChI=1S/C21H23N7O2/c1-13(20-23-18(26-30-20)15-4-3-5-17(29)12-15)28(16-6-7-16)21-25-24-19(27(21)2)14-8-10-22-11-9-14/h3-5,8-13,16,21,25,29H,6-7H2,1-2H3. The second-order valence-electron chi connectivity index (χ2n) is 7.65. The van der Waals surface area contributed by atoms with Gasteiger partial charge in [-0.3, -0.25) is 15.3 Å². The normalized spacial score (nSPS) is 19.6. The van der Waals surface area contributed by atoms with Crippen molar-refractivity contribution in [3.8, 4) is 17.1 Å². The van der Waals surface area contributed by atoms with Crippen LogP contribution in [0.4, 0.5) is 0 Å². The zero-order chi connectivity index (χ0) is 20.7. The van der Waals surface area contributed by atoms with E-state index in [9.17, 15) is 5.11 Å². The van der Waals surface area contributed by atoms with Crippen molar-refractivity contribution in [3.63, 3.8) is 0 Å². The van der Waals surface area contributed by atoms with Gasteiger partial charge in [-0.05, 0) is 44.0 Å². The first-order valence-electron chi connectivity index (χ1n) is 9.98. The summed E-state index contributed by atoms with van der Waals surface area (Å²) in [6.07, 6.45) is 5.65. The van der Waals surface area contributed by atoms with Crippen LogP contribution in [0.3, 0.4) is 0 Å². The van der Waals surface area contributed by atoms with Crippen molar-refractivity contribution in [2.24, 2.45) is 5.10 Å². The van der Waals surface area contributed by atoms with Gasteiger partial charge in [0.1, 0.15) is 5.75 Å². The van der Waals surface area contributed by atoms with Crippen molar-refractivity contribution in [2.75, 3.05) is 7.05 Å². The van der Waals surface area contributed by atoms with Gasteiger partial charge >= 0.3 is 0 Å². The van der Waals surface area contributed by atoms with Gasteiger partial charge in [-0.2, -0.15) is 10.1 Å².